The lowest BCUT2D eigenvalue weighted by atomic mass is 10.2. The van der Waals surface area contributed by atoms with Crippen molar-refractivity contribution in [2.24, 2.45) is 0 Å². The number of hydrogen-bond donors (Lipinski definition) is 1. The maximum atomic E-state index is 12.6. The number of fused-ring (bicyclic) bond motifs is 2. The molecule has 0 spiro atoms. The number of para-hydroxylation sites is 2. The van der Waals surface area contributed by atoms with Gasteiger partial charge in [-0.05, 0) is 25.0 Å². The Bertz CT molecular complexity index is 981. The first-order valence-corrected chi connectivity index (χ1v) is 9.57. The van der Waals surface area contributed by atoms with Crippen molar-refractivity contribution >= 4 is 34.0 Å². The molecular weight excluding hydrogens is 356 g/mol. The Balaban J connectivity index is 1.96. The molecule has 7 nitrogen and oxygen atoms in total. The van der Waals surface area contributed by atoms with E-state index < -0.39 is 5.97 Å². The first kappa shape index (κ1) is 19.8. The third-order valence-electron chi connectivity index (χ3n) is 4.44. The van der Waals surface area contributed by atoms with Gasteiger partial charge in [-0.25, -0.2) is 14.8 Å². The number of esters is 1. The molecule has 0 radical (unpaired) electrons. The molecule has 0 aliphatic rings. The SMILES string of the molecule is C=CCOC(=O)c1c(N)n(CCCOCCCC)c2nc3ccccc3nc12. The topological polar surface area (TPSA) is 92.3 Å². The molecule has 28 heavy (non-hydrogen) atoms. The molecule has 148 valence electrons. The standard InChI is InChI=1S/C21H26N4O3/c1-3-5-13-27-14-8-11-25-19(22)17(21(26)28-12-4-2)18-20(25)24-16-10-7-6-9-15(16)23-18/h4,6-7,9-10H,2-3,5,8,11-14,22H2,1H3. The lowest BCUT2D eigenvalue weighted by molar-refractivity contribution is 0.0553. The fourth-order valence-corrected chi connectivity index (χ4v) is 3.02. The van der Waals surface area contributed by atoms with E-state index in [-0.39, 0.29) is 12.2 Å². The molecule has 7 heteroatoms. The summed E-state index contributed by atoms with van der Waals surface area (Å²) in [7, 11) is 0. The van der Waals surface area contributed by atoms with Crippen LogP contribution in [0.5, 0.6) is 0 Å². The second-order valence-electron chi connectivity index (χ2n) is 6.50. The monoisotopic (exact) mass is 382 g/mol. The van der Waals surface area contributed by atoms with Crippen LogP contribution in [-0.4, -0.2) is 40.3 Å². The van der Waals surface area contributed by atoms with Gasteiger partial charge < -0.3 is 19.8 Å². The minimum absolute atomic E-state index is 0.108. The lowest BCUT2D eigenvalue weighted by Gasteiger charge is -2.08. The molecule has 3 rings (SSSR count). The van der Waals surface area contributed by atoms with Gasteiger partial charge in [0.1, 0.15) is 23.5 Å². The third kappa shape index (κ3) is 4.14. The molecule has 0 unspecified atom stereocenters. The van der Waals surface area contributed by atoms with E-state index in [0.717, 1.165) is 31.4 Å². The predicted molar refractivity (Wildman–Crippen MR) is 110 cm³/mol. The Hall–Kier alpha value is -2.93. The molecule has 2 aromatic heterocycles. The molecule has 0 saturated carbocycles. The van der Waals surface area contributed by atoms with E-state index in [1.165, 1.54) is 6.08 Å². The van der Waals surface area contributed by atoms with Crippen LogP contribution in [0.2, 0.25) is 0 Å². The molecule has 0 saturated heterocycles. The van der Waals surface area contributed by atoms with Crippen LogP contribution in [0.15, 0.2) is 36.9 Å². The minimum Gasteiger partial charge on any atom is -0.458 e. The quantitative estimate of drug-likeness (QED) is 0.326. The number of aryl methyl sites for hydroxylation is 1. The fraction of sp³-hybridized carbons (Fsp3) is 0.381. The van der Waals surface area contributed by atoms with Crippen LogP contribution in [0.3, 0.4) is 0 Å². The summed E-state index contributed by atoms with van der Waals surface area (Å²) in [6.45, 7) is 7.76. The number of aromatic nitrogens is 3. The summed E-state index contributed by atoms with van der Waals surface area (Å²) in [5.74, 6) is -0.210. The molecule has 0 atom stereocenters. The van der Waals surface area contributed by atoms with Crippen LogP contribution in [0.25, 0.3) is 22.2 Å². The Kier molecular flexibility index (Phi) is 6.60. The number of rotatable bonds is 10. The van der Waals surface area contributed by atoms with Gasteiger partial charge >= 0.3 is 5.97 Å². The number of carbonyl (C=O) groups is 1. The van der Waals surface area contributed by atoms with E-state index in [1.54, 1.807) is 0 Å². The second kappa shape index (κ2) is 9.32. The molecule has 2 heterocycles. The number of unbranched alkanes of at least 4 members (excludes halogenated alkanes) is 1. The summed E-state index contributed by atoms with van der Waals surface area (Å²) < 4.78 is 12.7. The number of nitrogens with zero attached hydrogens (tertiary/aromatic N) is 3. The lowest BCUT2D eigenvalue weighted by Crippen LogP contribution is -2.11. The Morgan fingerprint density at radius 1 is 1.21 bits per heavy atom. The fourth-order valence-electron chi connectivity index (χ4n) is 3.02. The summed E-state index contributed by atoms with van der Waals surface area (Å²) in [4.78, 5) is 21.9. The Morgan fingerprint density at radius 2 is 1.93 bits per heavy atom. The highest BCUT2D eigenvalue weighted by molar-refractivity contribution is 6.08. The molecule has 0 amide bonds. The van der Waals surface area contributed by atoms with Crippen LogP contribution in [0.4, 0.5) is 5.82 Å². The zero-order chi connectivity index (χ0) is 19.9. The number of nitrogens with two attached hydrogens (primary N) is 1. The van der Waals surface area contributed by atoms with Crippen molar-refractivity contribution in [2.45, 2.75) is 32.7 Å². The smallest absolute Gasteiger partial charge is 0.344 e. The normalized spacial score (nSPS) is 11.2. The maximum Gasteiger partial charge on any atom is 0.344 e. The van der Waals surface area contributed by atoms with Crippen molar-refractivity contribution in [3.8, 4) is 0 Å². The van der Waals surface area contributed by atoms with Crippen molar-refractivity contribution in [1.29, 1.82) is 0 Å². The van der Waals surface area contributed by atoms with E-state index in [9.17, 15) is 4.79 Å². The number of nitrogen functional groups attached to an aromatic ring is 1. The van der Waals surface area contributed by atoms with E-state index in [1.807, 2.05) is 28.8 Å². The summed E-state index contributed by atoms with van der Waals surface area (Å²) >= 11 is 0. The van der Waals surface area contributed by atoms with Crippen LogP contribution in [0, 0.1) is 0 Å². The van der Waals surface area contributed by atoms with Crippen molar-refractivity contribution < 1.29 is 14.3 Å². The predicted octanol–water partition coefficient (Wildman–Crippen LogP) is 3.72. The maximum absolute atomic E-state index is 12.6. The zero-order valence-electron chi connectivity index (χ0n) is 16.2. The van der Waals surface area contributed by atoms with E-state index >= 15 is 0 Å². The van der Waals surface area contributed by atoms with Gasteiger partial charge in [-0.2, -0.15) is 0 Å². The van der Waals surface area contributed by atoms with Gasteiger partial charge in [0.2, 0.25) is 0 Å². The third-order valence-corrected chi connectivity index (χ3v) is 4.44. The van der Waals surface area contributed by atoms with Crippen molar-refractivity contribution in [3.05, 3.63) is 42.5 Å². The number of anilines is 1. The van der Waals surface area contributed by atoms with Crippen molar-refractivity contribution in [1.82, 2.24) is 14.5 Å². The van der Waals surface area contributed by atoms with Gasteiger partial charge in [-0.15, -0.1) is 0 Å². The van der Waals surface area contributed by atoms with Gasteiger partial charge in [0, 0.05) is 19.8 Å². The number of benzene rings is 1. The molecule has 3 aromatic rings. The Morgan fingerprint density at radius 3 is 2.64 bits per heavy atom. The summed E-state index contributed by atoms with van der Waals surface area (Å²) in [6, 6.07) is 7.53. The molecule has 0 bridgehead atoms. The first-order valence-electron chi connectivity index (χ1n) is 9.57. The van der Waals surface area contributed by atoms with Crippen LogP contribution in [-0.2, 0) is 16.0 Å². The highest BCUT2D eigenvalue weighted by Gasteiger charge is 2.24. The van der Waals surface area contributed by atoms with E-state index in [2.05, 4.69) is 18.5 Å². The number of ether oxygens (including phenoxy) is 2. The van der Waals surface area contributed by atoms with Crippen LogP contribution >= 0.6 is 0 Å². The zero-order valence-corrected chi connectivity index (χ0v) is 16.2. The van der Waals surface area contributed by atoms with Crippen LogP contribution < -0.4 is 5.73 Å². The number of carbonyl (C=O) groups excluding carboxylic acids is 1. The minimum atomic E-state index is -0.523. The molecule has 1 aromatic carbocycles. The molecule has 0 fully saturated rings. The van der Waals surface area contributed by atoms with Gasteiger partial charge in [-0.3, -0.25) is 0 Å². The molecular formula is C21H26N4O3. The summed E-state index contributed by atoms with van der Waals surface area (Å²) in [5, 5.41) is 0. The summed E-state index contributed by atoms with van der Waals surface area (Å²) in [6.07, 6.45) is 4.43. The van der Waals surface area contributed by atoms with Gasteiger partial charge in [0.15, 0.2) is 5.65 Å². The Labute approximate surface area is 164 Å². The molecule has 2 N–H and O–H groups in total. The van der Waals surface area contributed by atoms with Crippen molar-refractivity contribution in [2.75, 3.05) is 25.6 Å². The average Bonchev–Trinajstić information content (AvgIpc) is 2.97. The summed E-state index contributed by atoms with van der Waals surface area (Å²) in [5.41, 5.74) is 9.07. The molecule has 0 aliphatic heterocycles. The second-order valence-corrected chi connectivity index (χ2v) is 6.50. The van der Waals surface area contributed by atoms with Crippen LogP contribution in [0.1, 0.15) is 36.5 Å². The average molecular weight is 382 g/mol. The number of hydrogen-bond acceptors (Lipinski definition) is 6. The highest BCUT2D eigenvalue weighted by Crippen LogP contribution is 2.28. The van der Waals surface area contributed by atoms with E-state index in [0.29, 0.717) is 35.7 Å². The van der Waals surface area contributed by atoms with E-state index in [4.69, 9.17) is 20.2 Å². The molecule has 0 aliphatic carbocycles. The van der Waals surface area contributed by atoms with Gasteiger partial charge in [0.25, 0.3) is 0 Å². The highest BCUT2D eigenvalue weighted by atomic mass is 16.5. The largest absolute Gasteiger partial charge is 0.458 e. The van der Waals surface area contributed by atoms with Crippen molar-refractivity contribution in [3.63, 3.8) is 0 Å². The van der Waals surface area contributed by atoms with Gasteiger partial charge in [-0.1, -0.05) is 38.1 Å². The first-order chi connectivity index (χ1) is 13.7. The van der Waals surface area contributed by atoms with Gasteiger partial charge in [0.05, 0.1) is 11.0 Å².